The fourth-order valence-corrected chi connectivity index (χ4v) is 4.81. The fraction of sp³-hybridized carbons (Fsp3) is 0.259. The Bertz CT molecular complexity index is 1200. The molecule has 0 radical (unpaired) electrons. The Morgan fingerprint density at radius 3 is 2.03 bits per heavy atom. The summed E-state index contributed by atoms with van der Waals surface area (Å²) in [6.07, 6.45) is 2.94. The van der Waals surface area contributed by atoms with Gasteiger partial charge in [-0.25, -0.2) is 4.68 Å². The molecular weight excluding hydrogens is 398 g/mol. The first kappa shape index (κ1) is 20.6. The first-order chi connectivity index (χ1) is 15.6. The van der Waals surface area contributed by atoms with Crippen LogP contribution in [0.1, 0.15) is 37.8 Å². The molecule has 0 aliphatic carbocycles. The molecule has 0 spiro atoms. The van der Waals surface area contributed by atoms with Crippen LogP contribution in [-0.2, 0) is 10.3 Å². The lowest BCUT2D eigenvalue weighted by Gasteiger charge is -2.37. The summed E-state index contributed by atoms with van der Waals surface area (Å²) >= 11 is 0. The molecule has 0 saturated carbocycles. The summed E-state index contributed by atoms with van der Waals surface area (Å²) < 4.78 is 8.65. The number of aromatic nitrogens is 3. The van der Waals surface area contributed by atoms with Crippen LogP contribution < -0.4 is 0 Å². The van der Waals surface area contributed by atoms with Gasteiger partial charge in [0.05, 0.1) is 11.2 Å². The van der Waals surface area contributed by atoms with E-state index in [2.05, 4.69) is 24.2 Å². The van der Waals surface area contributed by atoms with Gasteiger partial charge in [0.15, 0.2) is 0 Å². The van der Waals surface area contributed by atoms with Crippen LogP contribution in [0.5, 0.6) is 0 Å². The van der Waals surface area contributed by atoms with Crippen molar-refractivity contribution in [1.82, 2.24) is 15.0 Å². The van der Waals surface area contributed by atoms with Crippen molar-refractivity contribution in [2.45, 2.75) is 44.0 Å². The smallest absolute Gasteiger partial charge is 0.144 e. The Labute approximate surface area is 188 Å². The van der Waals surface area contributed by atoms with Crippen LogP contribution in [0.4, 0.5) is 0 Å². The second-order valence-electron chi connectivity index (χ2n) is 8.28. The van der Waals surface area contributed by atoms with E-state index in [1.54, 1.807) is 0 Å². The van der Waals surface area contributed by atoms with E-state index in [0.717, 1.165) is 40.7 Å². The largest absolute Gasteiger partial charge is 0.377 e. The lowest BCUT2D eigenvalue weighted by Crippen LogP contribution is -2.43. The summed E-state index contributed by atoms with van der Waals surface area (Å²) in [4.78, 5) is 0. The molecule has 5 nitrogen and oxygen atoms in total. The number of fused-ring (bicyclic) bond motifs is 1. The Hall–Kier alpha value is -3.28. The highest BCUT2D eigenvalue weighted by Gasteiger charge is 2.51. The highest BCUT2D eigenvalue weighted by atomic mass is 16.5. The van der Waals surface area contributed by atoms with Gasteiger partial charge >= 0.3 is 0 Å². The normalized spacial score (nSPS) is 18.1. The predicted octanol–water partition coefficient (Wildman–Crippen LogP) is 5.17. The number of aliphatic hydroxyl groups is 1. The average Bonchev–Trinajstić information content (AvgIpc) is 3.46. The first-order valence-corrected chi connectivity index (χ1v) is 11.2. The minimum Gasteiger partial charge on any atom is -0.377 e. The zero-order valence-electron chi connectivity index (χ0n) is 18.3. The number of para-hydroxylation sites is 1. The molecule has 1 aliphatic heterocycles. The van der Waals surface area contributed by atoms with Gasteiger partial charge in [0.25, 0.3) is 0 Å². The van der Waals surface area contributed by atoms with Crippen LogP contribution >= 0.6 is 0 Å². The van der Waals surface area contributed by atoms with Crippen molar-refractivity contribution in [3.63, 3.8) is 0 Å². The van der Waals surface area contributed by atoms with Gasteiger partial charge in [-0.1, -0.05) is 91.9 Å². The summed E-state index contributed by atoms with van der Waals surface area (Å²) in [7, 11) is 0. The van der Waals surface area contributed by atoms with Gasteiger partial charge in [-0.2, -0.15) is 0 Å². The van der Waals surface area contributed by atoms with Crippen LogP contribution in [0.15, 0.2) is 91.0 Å². The highest BCUT2D eigenvalue weighted by Crippen LogP contribution is 2.47. The van der Waals surface area contributed by atoms with Crippen molar-refractivity contribution in [3.8, 4) is 0 Å². The van der Waals surface area contributed by atoms with Crippen molar-refractivity contribution < 1.29 is 9.84 Å². The molecule has 4 aromatic rings. The average molecular weight is 426 g/mol. The van der Waals surface area contributed by atoms with Crippen molar-refractivity contribution in [3.05, 3.63) is 102 Å². The van der Waals surface area contributed by atoms with Gasteiger partial charge in [0, 0.05) is 0 Å². The SMILES string of the molecule is CCC1(CC)O[C@H](C(O)(c2ccccc2)c2ccccc2)C=C1n1nnc2ccccc21. The zero-order chi connectivity index (χ0) is 22.2. The molecule has 0 amide bonds. The molecule has 0 bridgehead atoms. The Kier molecular flexibility index (Phi) is 5.16. The summed E-state index contributed by atoms with van der Waals surface area (Å²) in [5, 5.41) is 21.1. The van der Waals surface area contributed by atoms with Gasteiger partial charge in [-0.05, 0) is 42.2 Å². The summed E-state index contributed by atoms with van der Waals surface area (Å²) in [5.41, 5.74) is 2.33. The van der Waals surface area contributed by atoms with E-state index in [-0.39, 0.29) is 0 Å². The third-order valence-electron chi connectivity index (χ3n) is 6.69. The number of ether oxygens (including phenoxy) is 1. The number of hydrogen-bond donors (Lipinski definition) is 1. The van der Waals surface area contributed by atoms with Gasteiger partial charge in [-0.3, -0.25) is 0 Å². The Morgan fingerprint density at radius 2 is 1.44 bits per heavy atom. The molecule has 0 saturated heterocycles. The van der Waals surface area contributed by atoms with E-state index in [0.29, 0.717) is 0 Å². The Balaban J connectivity index is 1.71. The molecular formula is C27H27N3O2. The van der Waals surface area contributed by atoms with Crippen molar-refractivity contribution in [2.75, 3.05) is 0 Å². The Morgan fingerprint density at radius 1 is 0.875 bits per heavy atom. The maximum absolute atomic E-state index is 12.3. The topological polar surface area (TPSA) is 60.2 Å². The van der Waals surface area contributed by atoms with Gasteiger partial charge in [-0.15, -0.1) is 5.10 Å². The number of rotatable bonds is 6. The van der Waals surface area contributed by atoms with Crippen LogP contribution in [0, 0.1) is 0 Å². The zero-order valence-corrected chi connectivity index (χ0v) is 18.3. The standard InChI is InChI=1S/C27H27N3O2/c1-3-26(4-2)24(30-23-18-12-11-17-22(23)28-29-30)19-25(32-26)27(31,20-13-7-5-8-14-20)21-15-9-6-10-16-21/h5-19,25,31H,3-4H2,1-2H3/t25-/m0/s1. The number of hydrogen-bond acceptors (Lipinski definition) is 4. The molecule has 1 N–H and O–H groups in total. The quantitative estimate of drug-likeness (QED) is 0.463. The maximum Gasteiger partial charge on any atom is 0.144 e. The molecule has 0 fully saturated rings. The van der Waals surface area contributed by atoms with Crippen LogP contribution in [-0.4, -0.2) is 31.8 Å². The third kappa shape index (κ3) is 3.08. The third-order valence-corrected chi connectivity index (χ3v) is 6.69. The minimum absolute atomic E-state index is 0.585. The molecule has 2 heterocycles. The molecule has 0 unspecified atom stereocenters. The molecule has 5 heteroatoms. The fourth-order valence-electron chi connectivity index (χ4n) is 4.81. The van der Waals surface area contributed by atoms with Crippen LogP contribution in [0.25, 0.3) is 16.7 Å². The second-order valence-corrected chi connectivity index (χ2v) is 8.28. The van der Waals surface area contributed by atoms with E-state index in [9.17, 15) is 5.11 Å². The van der Waals surface area contributed by atoms with Crippen LogP contribution in [0.3, 0.4) is 0 Å². The highest BCUT2D eigenvalue weighted by molar-refractivity contribution is 5.79. The van der Waals surface area contributed by atoms with Gasteiger partial charge in [0.2, 0.25) is 0 Å². The molecule has 1 atom stereocenters. The molecule has 32 heavy (non-hydrogen) atoms. The first-order valence-electron chi connectivity index (χ1n) is 11.2. The molecule has 5 rings (SSSR count). The van der Waals surface area contributed by atoms with Crippen molar-refractivity contribution >= 4 is 16.7 Å². The second kappa shape index (κ2) is 8.01. The molecule has 1 aliphatic rings. The van der Waals surface area contributed by atoms with E-state index in [4.69, 9.17) is 4.74 Å². The van der Waals surface area contributed by atoms with Crippen molar-refractivity contribution in [1.29, 1.82) is 0 Å². The number of benzene rings is 3. The summed E-state index contributed by atoms with van der Waals surface area (Å²) in [6, 6.07) is 27.4. The molecule has 3 aromatic carbocycles. The van der Waals surface area contributed by atoms with Crippen molar-refractivity contribution in [2.24, 2.45) is 0 Å². The summed E-state index contributed by atoms with van der Waals surface area (Å²) in [6.45, 7) is 4.23. The van der Waals surface area contributed by atoms with E-state index >= 15 is 0 Å². The van der Waals surface area contributed by atoms with E-state index in [1.165, 1.54) is 0 Å². The van der Waals surface area contributed by atoms with E-state index in [1.807, 2.05) is 95.7 Å². The van der Waals surface area contributed by atoms with Crippen LogP contribution in [0.2, 0.25) is 0 Å². The molecule has 1 aromatic heterocycles. The molecule has 162 valence electrons. The van der Waals surface area contributed by atoms with Gasteiger partial charge < -0.3 is 9.84 Å². The predicted molar refractivity (Wildman–Crippen MR) is 126 cm³/mol. The maximum atomic E-state index is 12.3. The van der Waals surface area contributed by atoms with E-state index < -0.39 is 17.3 Å². The summed E-state index contributed by atoms with van der Waals surface area (Å²) in [5.74, 6) is 0. The lowest BCUT2D eigenvalue weighted by molar-refractivity contribution is -0.112. The number of nitrogens with zero attached hydrogens (tertiary/aromatic N) is 3. The van der Waals surface area contributed by atoms with Gasteiger partial charge in [0.1, 0.15) is 22.8 Å². The minimum atomic E-state index is -1.35. The monoisotopic (exact) mass is 425 g/mol. The lowest BCUT2D eigenvalue weighted by atomic mass is 9.81.